The molecule has 2 aromatic rings. The minimum Gasteiger partial charge on any atom is -0.497 e. The summed E-state index contributed by atoms with van der Waals surface area (Å²) in [5.41, 5.74) is 2.35. The van der Waals surface area contributed by atoms with E-state index < -0.39 is 5.91 Å². The summed E-state index contributed by atoms with van der Waals surface area (Å²) in [6.07, 6.45) is 1.39. The van der Waals surface area contributed by atoms with E-state index in [0.717, 1.165) is 4.47 Å². The average molecular weight is 511 g/mol. The summed E-state index contributed by atoms with van der Waals surface area (Å²) < 4.78 is 17.8. The third kappa shape index (κ3) is 5.36. The molecule has 0 atom stereocenters. The monoisotopic (exact) mass is 508 g/mol. The third-order valence-corrected chi connectivity index (χ3v) is 4.87. The Morgan fingerprint density at radius 3 is 2.70 bits per heavy atom. The highest BCUT2D eigenvalue weighted by molar-refractivity contribution is 9.13. The minimum atomic E-state index is -0.395. The van der Waals surface area contributed by atoms with Crippen molar-refractivity contribution in [2.75, 3.05) is 13.7 Å². The van der Waals surface area contributed by atoms with Gasteiger partial charge in [0.05, 0.1) is 22.3 Å². The van der Waals surface area contributed by atoms with Crippen molar-refractivity contribution >= 4 is 59.9 Å². The molecule has 0 saturated heterocycles. The van der Waals surface area contributed by atoms with Gasteiger partial charge in [-0.3, -0.25) is 4.79 Å². The second-order valence-electron chi connectivity index (χ2n) is 4.15. The zero-order valence-electron chi connectivity index (χ0n) is 11.8. The summed E-state index contributed by atoms with van der Waals surface area (Å²) >= 11 is 9.83. The fourth-order valence-electron chi connectivity index (χ4n) is 1.50. The second-order valence-corrected chi connectivity index (χ2v) is 6.58. The van der Waals surface area contributed by atoms with Crippen LogP contribution in [0, 0.1) is 0 Å². The second kappa shape index (κ2) is 8.51. The first-order valence-corrected chi connectivity index (χ1v) is 8.60. The zero-order valence-corrected chi connectivity index (χ0v) is 16.6. The summed E-state index contributed by atoms with van der Waals surface area (Å²) in [6, 6.07) is 6.91. The number of hydrogen-bond acceptors (Lipinski definition) is 5. The van der Waals surface area contributed by atoms with Crippen molar-refractivity contribution in [1.29, 1.82) is 0 Å². The minimum absolute atomic E-state index is 0.173. The molecule has 0 saturated carbocycles. The van der Waals surface area contributed by atoms with Crippen LogP contribution in [-0.4, -0.2) is 25.8 Å². The average Bonchev–Trinajstić information content (AvgIpc) is 2.84. The van der Waals surface area contributed by atoms with Crippen LogP contribution in [0.5, 0.6) is 11.5 Å². The first kappa shape index (κ1) is 18.0. The third-order valence-electron chi connectivity index (χ3n) is 2.54. The molecule has 2 rings (SSSR count). The molecule has 1 aromatic carbocycles. The van der Waals surface area contributed by atoms with Crippen LogP contribution < -0.4 is 14.9 Å². The van der Waals surface area contributed by atoms with Crippen molar-refractivity contribution in [2.24, 2.45) is 5.10 Å². The number of nitrogens with zero attached hydrogens (tertiary/aromatic N) is 1. The number of halogens is 3. The van der Waals surface area contributed by atoms with Crippen molar-refractivity contribution < 1.29 is 18.7 Å². The standard InChI is InChI=1S/C14H11Br3N2O4/c1-21-8-2-3-12(10(15)4-8)22-7-13(20)19-18-6-9-5-11(16)14(17)23-9/h2-6H,7H2,1H3,(H,19,20)/b18-6-. The molecule has 0 fully saturated rings. The molecule has 0 unspecified atom stereocenters. The van der Waals surface area contributed by atoms with Crippen molar-refractivity contribution in [3.63, 3.8) is 0 Å². The molecular weight excluding hydrogens is 500 g/mol. The number of carbonyl (C=O) groups excluding carboxylic acids is 1. The Labute approximate surface area is 157 Å². The molecule has 122 valence electrons. The van der Waals surface area contributed by atoms with E-state index in [4.69, 9.17) is 13.9 Å². The smallest absolute Gasteiger partial charge is 0.277 e. The summed E-state index contributed by atoms with van der Waals surface area (Å²) in [5.74, 6) is 1.31. The molecule has 9 heteroatoms. The number of carbonyl (C=O) groups is 1. The molecule has 0 aliphatic heterocycles. The van der Waals surface area contributed by atoms with Gasteiger partial charge >= 0.3 is 0 Å². The predicted molar refractivity (Wildman–Crippen MR) is 96.0 cm³/mol. The number of methoxy groups -OCH3 is 1. The molecule has 0 bridgehead atoms. The highest BCUT2D eigenvalue weighted by Gasteiger charge is 2.07. The van der Waals surface area contributed by atoms with Crippen LogP contribution in [0.15, 0.2) is 47.4 Å². The van der Waals surface area contributed by atoms with Crippen LogP contribution in [0.3, 0.4) is 0 Å². The first-order valence-electron chi connectivity index (χ1n) is 6.22. The lowest BCUT2D eigenvalue weighted by atomic mass is 10.3. The maximum absolute atomic E-state index is 11.7. The Kier molecular flexibility index (Phi) is 6.67. The van der Waals surface area contributed by atoms with Gasteiger partial charge in [0.2, 0.25) is 0 Å². The van der Waals surface area contributed by atoms with Gasteiger partial charge in [-0.1, -0.05) is 0 Å². The van der Waals surface area contributed by atoms with E-state index in [-0.39, 0.29) is 6.61 Å². The molecule has 1 heterocycles. The number of rotatable bonds is 6. The van der Waals surface area contributed by atoms with Gasteiger partial charge in [-0.25, -0.2) is 5.43 Å². The van der Waals surface area contributed by atoms with Crippen molar-refractivity contribution in [3.05, 3.63) is 43.6 Å². The van der Waals surface area contributed by atoms with Gasteiger partial charge in [0.15, 0.2) is 11.3 Å². The Morgan fingerprint density at radius 1 is 1.30 bits per heavy atom. The number of benzene rings is 1. The Morgan fingerprint density at radius 2 is 2.09 bits per heavy atom. The fraction of sp³-hybridized carbons (Fsp3) is 0.143. The van der Waals surface area contributed by atoms with Crippen molar-refractivity contribution in [2.45, 2.75) is 0 Å². The maximum atomic E-state index is 11.7. The number of amides is 1. The Bertz CT molecular complexity index is 711. The summed E-state index contributed by atoms with van der Waals surface area (Å²) in [4.78, 5) is 11.7. The highest BCUT2D eigenvalue weighted by Crippen LogP contribution is 2.29. The van der Waals surface area contributed by atoms with E-state index in [1.54, 1.807) is 31.4 Å². The highest BCUT2D eigenvalue weighted by atomic mass is 79.9. The van der Waals surface area contributed by atoms with Crippen LogP contribution >= 0.6 is 47.8 Å². The normalized spacial score (nSPS) is 10.8. The van der Waals surface area contributed by atoms with Crippen molar-refractivity contribution in [1.82, 2.24) is 5.43 Å². The first-order chi connectivity index (χ1) is 11.0. The van der Waals surface area contributed by atoms with Crippen LogP contribution in [0.4, 0.5) is 0 Å². The summed E-state index contributed by atoms with van der Waals surface area (Å²) in [6.45, 7) is -0.173. The Balaban J connectivity index is 1.83. The maximum Gasteiger partial charge on any atom is 0.277 e. The van der Waals surface area contributed by atoms with E-state index in [2.05, 4.69) is 58.3 Å². The van der Waals surface area contributed by atoms with E-state index in [9.17, 15) is 4.79 Å². The summed E-state index contributed by atoms with van der Waals surface area (Å²) in [5, 5.41) is 3.79. The van der Waals surface area contributed by atoms with Crippen LogP contribution in [0.1, 0.15) is 5.76 Å². The molecule has 0 aliphatic carbocycles. The fourth-order valence-corrected chi connectivity index (χ4v) is 2.58. The lowest BCUT2D eigenvalue weighted by Gasteiger charge is -2.08. The molecule has 0 aliphatic rings. The largest absolute Gasteiger partial charge is 0.497 e. The number of ether oxygens (including phenoxy) is 2. The number of nitrogens with one attached hydrogen (secondary N) is 1. The van der Waals surface area contributed by atoms with Gasteiger partial charge in [-0.05, 0) is 66.0 Å². The molecule has 23 heavy (non-hydrogen) atoms. The van der Waals surface area contributed by atoms with Crippen LogP contribution in [0.2, 0.25) is 0 Å². The van der Waals surface area contributed by atoms with Crippen LogP contribution in [0.25, 0.3) is 0 Å². The zero-order chi connectivity index (χ0) is 16.8. The van der Waals surface area contributed by atoms with Crippen LogP contribution in [-0.2, 0) is 4.79 Å². The lowest BCUT2D eigenvalue weighted by Crippen LogP contribution is -2.24. The molecule has 0 radical (unpaired) electrons. The predicted octanol–water partition coefficient (Wildman–Crippen LogP) is 4.10. The van der Waals surface area contributed by atoms with Gasteiger partial charge < -0.3 is 13.9 Å². The molecule has 1 N–H and O–H groups in total. The van der Waals surface area contributed by atoms with E-state index in [1.165, 1.54) is 6.21 Å². The SMILES string of the molecule is COc1ccc(OCC(=O)N/N=C\c2cc(Br)c(Br)o2)c(Br)c1. The molecule has 0 spiro atoms. The van der Waals surface area contributed by atoms with Gasteiger partial charge in [-0.2, -0.15) is 5.10 Å². The molecule has 1 amide bonds. The Hall–Kier alpha value is -1.32. The molecular formula is C14H11Br3N2O4. The van der Waals surface area contributed by atoms with Gasteiger partial charge in [0.1, 0.15) is 17.3 Å². The number of furan rings is 1. The molecule has 1 aromatic heterocycles. The number of hydrazone groups is 1. The van der Waals surface area contributed by atoms with E-state index in [1.807, 2.05) is 0 Å². The van der Waals surface area contributed by atoms with E-state index >= 15 is 0 Å². The molecule has 6 nitrogen and oxygen atoms in total. The summed E-state index contributed by atoms with van der Waals surface area (Å²) in [7, 11) is 1.57. The van der Waals surface area contributed by atoms with Gasteiger partial charge in [0, 0.05) is 6.07 Å². The van der Waals surface area contributed by atoms with E-state index in [0.29, 0.717) is 26.4 Å². The van der Waals surface area contributed by atoms with Gasteiger partial charge in [0.25, 0.3) is 5.91 Å². The van der Waals surface area contributed by atoms with Crippen molar-refractivity contribution in [3.8, 4) is 11.5 Å². The number of hydrogen-bond donors (Lipinski definition) is 1. The van der Waals surface area contributed by atoms with Gasteiger partial charge in [-0.15, -0.1) is 0 Å². The lowest BCUT2D eigenvalue weighted by molar-refractivity contribution is -0.123. The quantitative estimate of drug-likeness (QED) is 0.469. The topological polar surface area (TPSA) is 73.1 Å².